The minimum atomic E-state index is -0.0991. The molecular weight excluding hydrogens is 342 g/mol. The average Bonchev–Trinajstić information content (AvgIpc) is 3.15. The Morgan fingerprint density at radius 3 is 2.69 bits per heavy atom. The fourth-order valence-electron chi connectivity index (χ4n) is 2.65. The molecular formula is C21H23N3OS. The van der Waals surface area contributed by atoms with E-state index in [1.165, 1.54) is 5.01 Å². The fraction of sp³-hybridized carbons (Fsp3) is 0.238. The molecule has 0 saturated heterocycles. The van der Waals surface area contributed by atoms with Gasteiger partial charge < -0.3 is 10.6 Å². The van der Waals surface area contributed by atoms with E-state index in [2.05, 4.69) is 40.9 Å². The number of aromatic nitrogens is 1. The third-order valence-electron chi connectivity index (χ3n) is 4.17. The Bertz CT molecular complexity index is 860. The number of aryl methyl sites for hydroxylation is 1. The maximum atomic E-state index is 12.3. The van der Waals surface area contributed by atoms with Crippen LogP contribution in [0.2, 0.25) is 0 Å². The quantitative estimate of drug-likeness (QED) is 0.632. The van der Waals surface area contributed by atoms with E-state index in [1.54, 1.807) is 11.3 Å². The van der Waals surface area contributed by atoms with E-state index < -0.39 is 0 Å². The number of rotatable bonds is 7. The zero-order valence-electron chi connectivity index (χ0n) is 15.0. The van der Waals surface area contributed by atoms with E-state index in [0.29, 0.717) is 5.56 Å². The topological polar surface area (TPSA) is 54.0 Å². The molecule has 1 atom stereocenters. The van der Waals surface area contributed by atoms with E-state index in [1.807, 2.05) is 48.5 Å². The van der Waals surface area contributed by atoms with Gasteiger partial charge in [0.25, 0.3) is 5.91 Å². The van der Waals surface area contributed by atoms with Crippen molar-refractivity contribution in [1.82, 2.24) is 10.3 Å². The van der Waals surface area contributed by atoms with E-state index in [-0.39, 0.29) is 11.9 Å². The van der Waals surface area contributed by atoms with Crippen LogP contribution in [0.1, 0.15) is 46.5 Å². The van der Waals surface area contributed by atoms with Gasteiger partial charge in [-0.1, -0.05) is 37.3 Å². The summed E-state index contributed by atoms with van der Waals surface area (Å²) in [6, 6.07) is 17.3. The molecule has 0 aliphatic rings. The zero-order chi connectivity index (χ0) is 18.4. The first-order valence-corrected chi connectivity index (χ1v) is 9.66. The van der Waals surface area contributed by atoms with E-state index in [4.69, 9.17) is 0 Å². The lowest BCUT2D eigenvalue weighted by Gasteiger charge is -2.15. The summed E-state index contributed by atoms with van der Waals surface area (Å²) in [7, 11) is 0. The Hall–Kier alpha value is -2.50. The van der Waals surface area contributed by atoms with Gasteiger partial charge >= 0.3 is 0 Å². The Balaban J connectivity index is 1.61. The number of carbonyl (C=O) groups is 1. The predicted molar refractivity (Wildman–Crippen MR) is 108 cm³/mol. The van der Waals surface area contributed by atoms with Crippen LogP contribution in [0.15, 0.2) is 60.0 Å². The van der Waals surface area contributed by atoms with E-state index in [0.717, 1.165) is 29.9 Å². The maximum absolute atomic E-state index is 12.3. The van der Waals surface area contributed by atoms with Crippen molar-refractivity contribution in [2.45, 2.75) is 32.9 Å². The number of nitrogens with one attached hydrogen (secondary N) is 2. The lowest BCUT2D eigenvalue weighted by atomic mass is 10.1. The highest BCUT2D eigenvalue weighted by Gasteiger charge is 2.09. The van der Waals surface area contributed by atoms with Crippen LogP contribution in [-0.4, -0.2) is 10.9 Å². The van der Waals surface area contributed by atoms with Gasteiger partial charge in [0, 0.05) is 29.2 Å². The van der Waals surface area contributed by atoms with Crippen LogP contribution in [0.5, 0.6) is 0 Å². The third kappa shape index (κ3) is 4.77. The zero-order valence-corrected chi connectivity index (χ0v) is 15.8. The minimum absolute atomic E-state index is 0.0991. The average molecular weight is 366 g/mol. The Morgan fingerprint density at radius 2 is 1.96 bits per heavy atom. The molecule has 3 aromatic rings. The van der Waals surface area contributed by atoms with Gasteiger partial charge in [0.05, 0.1) is 10.7 Å². The van der Waals surface area contributed by atoms with Gasteiger partial charge in [-0.3, -0.25) is 4.79 Å². The van der Waals surface area contributed by atoms with Crippen LogP contribution in [0.3, 0.4) is 0 Å². The molecule has 134 valence electrons. The maximum Gasteiger partial charge on any atom is 0.255 e. The van der Waals surface area contributed by atoms with Crippen molar-refractivity contribution in [3.05, 3.63) is 81.8 Å². The largest absolute Gasteiger partial charge is 0.322 e. The van der Waals surface area contributed by atoms with Crippen LogP contribution in [0, 0.1) is 0 Å². The third-order valence-corrected chi connectivity index (χ3v) is 5.21. The summed E-state index contributed by atoms with van der Waals surface area (Å²) < 4.78 is 0. The molecule has 26 heavy (non-hydrogen) atoms. The van der Waals surface area contributed by atoms with Crippen LogP contribution in [0.4, 0.5) is 5.69 Å². The highest BCUT2D eigenvalue weighted by Crippen LogP contribution is 2.19. The molecule has 1 aromatic heterocycles. The highest BCUT2D eigenvalue weighted by atomic mass is 32.1. The van der Waals surface area contributed by atoms with Crippen molar-refractivity contribution in [1.29, 1.82) is 0 Å². The summed E-state index contributed by atoms with van der Waals surface area (Å²) >= 11 is 1.71. The summed E-state index contributed by atoms with van der Waals surface area (Å²) in [6.07, 6.45) is 0.976. The number of thiazole rings is 1. The molecule has 3 rings (SSSR count). The number of hydrogen-bond donors (Lipinski definition) is 2. The van der Waals surface area contributed by atoms with Crippen LogP contribution < -0.4 is 10.6 Å². The second-order valence-electron chi connectivity index (χ2n) is 6.13. The van der Waals surface area contributed by atoms with Crippen LogP contribution in [-0.2, 0) is 13.0 Å². The van der Waals surface area contributed by atoms with Crippen molar-refractivity contribution < 1.29 is 4.79 Å². The molecule has 1 unspecified atom stereocenters. The van der Waals surface area contributed by atoms with Crippen LogP contribution in [0.25, 0.3) is 0 Å². The van der Waals surface area contributed by atoms with Gasteiger partial charge in [0.15, 0.2) is 0 Å². The normalized spacial score (nSPS) is 11.9. The molecule has 0 radical (unpaired) electrons. The second kappa shape index (κ2) is 8.74. The first-order valence-electron chi connectivity index (χ1n) is 8.78. The van der Waals surface area contributed by atoms with Gasteiger partial charge in [-0.05, 0) is 43.2 Å². The Kier molecular flexibility index (Phi) is 6.15. The molecule has 0 aliphatic heterocycles. The molecule has 0 aliphatic carbocycles. The molecule has 0 bridgehead atoms. The van der Waals surface area contributed by atoms with Crippen molar-refractivity contribution in [2.75, 3.05) is 5.32 Å². The molecule has 5 heteroatoms. The van der Waals surface area contributed by atoms with Gasteiger partial charge in [-0.2, -0.15) is 0 Å². The number of benzene rings is 2. The number of carbonyl (C=O) groups excluding carboxylic acids is 1. The molecule has 4 nitrogen and oxygen atoms in total. The summed E-state index contributed by atoms with van der Waals surface area (Å²) in [5.74, 6) is -0.0991. The highest BCUT2D eigenvalue weighted by molar-refractivity contribution is 7.09. The van der Waals surface area contributed by atoms with E-state index >= 15 is 0 Å². The minimum Gasteiger partial charge on any atom is -0.322 e. The monoisotopic (exact) mass is 365 g/mol. The number of hydrogen-bond acceptors (Lipinski definition) is 4. The Morgan fingerprint density at radius 1 is 1.15 bits per heavy atom. The second-order valence-corrected chi connectivity index (χ2v) is 7.08. The van der Waals surface area contributed by atoms with Crippen LogP contribution >= 0.6 is 11.3 Å². The van der Waals surface area contributed by atoms with Crippen molar-refractivity contribution in [2.24, 2.45) is 0 Å². The summed E-state index contributed by atoms with van der Waals surface area (Å²) in [5, 5.41) is 9.73. The number of nitrogens with zero attached hydrogens (tertiary/aromatic N) is 1. The van der Waals surface area contributed by atoms with Gasteiger partial charge in [-0.15, -0.1) is 11.3 Å². The van der Waals surface area contributed by atoms with Gasteiger partial charge in [0.1, 0.15) is 0 Å². The smallest absolute Gasteiger partial charge is 0.255 e. The Labute approximate surface area is 158 Å². The molecule has 1 heterocycles. The lowest BCUT2D eigenvalue weighted by molar-refractivity contribution is 0.102. The molecule has 2 aromatic carbocycles. The molecule has 0 saturated carbocycles. The first kappa shape index (κ1) is 18.3. The summed E-state index contributed by atoms with van der Waals surface area (Å²) in [4.78, 5) is 16.9. The molecule has 0 spiro atoms. The van der Waals surface area contributed by atoms with E-state index in [9.17, 15) is 4.79 Å². The molecule has 0 fully saturated rings. The van der Waals surface area contributed by atoms with Crippen molar-refractivity contribution >= 4 is 22.9 Å². The number of anilines is 1. The summed E-state index contributed by atoms with van der Waals surface area (Å²) in [6.45, 7) is 4.97. The standard InChI is InChI=1S/C21H23N3OS/c1-3-20-23-19(14-26-20)13-22-15(2)17-10-7-11-18(12-17)24-21(25)16-8-5-4-6-9-16/h4-12,14-15,22H,3,13H2,1-2H3,(H,24,25). The lowest BCUT2D eigenvalue weighted by Crippen LogP contribution is -2.19. The molecule has 2 N–H and O–H groups in total. The van der Waals surface area contributed by atoms with Gasteiger partial charge in [-0.25, -0.2) is 4.98 Å². The van der Waals surface area contributed by atoms with Gasteiger partial charge in [0.2, 0.25) is 0 Å². The first-order chi connectivity index (χ1) is 12.7. The van der Waals surface area contributed by atoms with Crippen molar-refractivity contribution in [3.8, 4) is 0 Å². The summed E-state index contributed by atoms with van der Waals surface area (Å²) in [5.41, 5.74) is 3.65. The van der Waals surface area contributed by atoms with Crippen molar-refractivity contribution in [3.63, 3.8) is 0 Å². The SMILES string of the molecule is CCc1nc(CNC(C)c2cccc(NC(=O)c3ccccc3)c2)cs1. The number of amides is 1. The predicted octanol–water partition coefficient (Wildman–Crippen LogP) is 4.81. The fourth-order valence-corrected chi connectivity index (χ4v) is 3.39. The molecule has 1 amide bonds.